The maximum Gasteiger partial charge on any atom is 0.355 e. The fourth-order valence-corrected chi connectivity index (χ4v) is 1.99. The van der Waals surface area contributed by atoms with Gasteiger partial charge in [0.25, 0.3) is 0 Å². The van der Waals surface area contributed by atoms with E-state index in [0.717, 1.165) is 11.3 Å². The van der Waals surface area contributed by atoms with Gasteiger partial charge < -0.3 is 5.11 Å². The number of aromatic nitrogens is 3. The summed E-state index contributed by atoms with van der Waals surface area (Å²) in [6, 6.07) is 13.1. The van der Waals surface area contributed by atoms with Crippen molar-refractivity contribution in [2.24, 2.45) is 0 Å². The molecule has 98 valence electrons. The Hall–Kier alpha value is -2.95. The molecule has 0 atom stereocenters. The van der Waals surface area contributed by atoms with Gasteiger partial charge in [-0.2, -0.15) is 5.10 Å². The second-order valence-corrected chi connectivity index (χ2v) is 4.21. The van der Waals surface area contributed by atoms with Gasteiger partial charge in [-0.15, -0.1) is 0 Å². The standard InChI is InChI=1S/C15H11N3O2/c19-15(20)14-13(7-4-8-16-14)11-9-17-18(10-11)12-5-2-1-3-6-12/h1-10H,(H,19,20). The van der Waals surface area contributed by atoms with Crippen LogP contribution in [0.5, 0.6) is 0 Å². The molecule has 0 radical (unpaired) electrons. The summed E-state index contributed by atoms with van der Waals surface area (Å²) in [6.07, 6.45) is 4.89. The van der Waals surface area contributed by atoms with Crippen molar-refractivity contribution in [3.63, 3.8) is 0 Å². The van der Waals surface area contributed by atoms with Crippen LogP contribution in [0, 0.1) is 0 Å². The summed E-state index contributed by atoms with van der Waals surface area (Å²) in [6.45, 7) is 0. The Morgan fingerprint density at radius 1 is 1.10 bits per heavy atom. The molecule has 20 heavy (non-hydrogen) atoms. The summed E-state index contributed by atoms with van der Waals surface area (Å²) in [5.74, 6) is -1.05. The van der Waals surface area contributed by atoms with Crippen LogP contribution < -0.4 is 0 Å². The van der Waals surface area contributed by atoms with Crippen LogP contribution >= 0.6 is 0 Å². The van der Waals surface area contributed by atoms with E-state index in [1.54, 1.807) is 29.2 Å². The fraction of sp³-hybridized carbons (Fsp3) is 0. The number of nitrogens with zero attached hydrogens (tertiary/aromatic N) is 3. The van der Waals surface area contributed by atoms with E-state index in [1.165, 1.54) is 6.20 Å². The van der Waals surface area contributed by atoms with E-state index in [-0.39, 0.29) is 5.69 Å². The zero-order valence-corrected chi connectivity index (χ0v) is 10.5. The van der Waals surface area contributed by atoms with Gasteiger partial charge in [0.15, 0.2) is 5.69 Å². The van der Waals surface area contributed by atoms with Crippen molar-refractivity contribution in [1.29, 1.82) is 0 Å². The fourth-order valence-electron chi connectivity index (χ4n) is 1.99. The van der Waals surface area contributed by atoms with E-state index in [0.29, 0.717) is 5.56 Å². The summed E-state index contributed by atoms with van der Waals surface area (Å²) in [5.41, 5.74) is 2.22. The molecule has 5 nitrogen and oxygen atoms in total. The first-order valence-corrected chi connectivity index (χ1v) is 6.04. The number of rotatable bonds is 3. The van der Waals surface area contributed by atoms with Gasteiger partial charge in [-0.1, -0.05) is 24.3 Å². The first kappa shape index (κ1) is 12.1. The number of hydrogen-bond donors (Lipinski definition) is 1. The zero-order chi connectivity index (χ0) is 13.9. The van der Waals surface area contributed by atoms with Crippen molar-refractivity contribution in [2.75, 3.05) is 0 Å². The van der Waals surface area contributed by atoms with Crippen molar-refractivity contribution in [3.05, 3.63) is 66.7 Å². The maximum atomic E-state index is 11.2. The van der Waals surface area contributed by atoms with Crippen LogP contribution in [0.2, 0.25) is 0 Å². The molecule has 0 unspecified atom stereocenters. The first-order chi connectivity index (χ1) is 9.75. The summed E-state index contributed by atoms with van der Waals surface area (Å²) in [4.78, 5) is 15.1. The largest absolute Gasteiger partial charge is 0.476 e. The van der Waals surface area contributed by atoms with E-state index in [2.05, 4.69) is 10.1 Å². The van der Waals surface area contributed by atoms with Crippen LogP contribution in [0.1, 0.15) is 10.5 Å². The monoisotopic (exact) mass is 265 g/mol. The molecular formula is C15H11N3O2. The lowest BCUT2D eigenvalue weighted by Crippen LogP contribution is -2.02. The van der Waals surface area contributed by atoms with Gasteiger partial charge in [0.1, 0.15) is 0 Å². The predicted molar refractivity (Wildman–Crippen MR) is 73.8 cm³/mol. The molecule has 0 aliphatic carbocycles. The van der Waals surface area contributed by atoms with Gasteiger partial charge in [0, 0.05) is 23.5 Å². The Morgan fingerprint density at radius 3 is 2.65 bits per heavy atom. The highest BCUT2D eigenvalue weighted by atomic mass is 16.4. The van der Waals surface area contributed by atoms with Gasteiger partial charge in [0.2, 0.25) is 0 Å². The number of pyridine rings is 1. The second-order valence-electron chi connectivity index (χ2n) is 4.21. The highest BCUT2D eigenvalue weighted by Gasteiger charge is 2.14. The molecule has 0 aliphatic heterocycles. The van der Waals surface area contributed by atoms with Crippen molar-refractivity contribution in [3.8, 4) is 16.8 Å². The number of benzene rings is 1. The molecule has 0 saturated heterocycles. The molecule has 0 fully saturated rings. The van der Waals surface area contributed by atoms with Crippen LogP contribution in [-0.4, -0.2) is 25.8 Å². The number of aromatic carboxylic acids is 1. The summed E-state index contributed by atoms with van der Waals surface area (Å²) in [7, 11) is 0. The van der Waals surface area contributed by atoms with E-state index in [4.69, 9.17) is 5.11 Å². The third-order valence-electron chi connectivity index (χ3n) is 2.92. The lowest BCUT2D eigenvalue weighted by Gasteiger charge is -2.02. The summed E-state index contributed by atoms with van der Waals surface area (Å²) >= 11 is 0. The molecule has 1 N–H and O–H groups in total. The highest BCUT2D eigenvalue weighted by molar-refractivity contribution is 5.93. The van der Waals surface area contributed by atoms with Gasteiger partial charge >= 0.3 is 5.97 Å². The van der Waals surface area contributed by atoms with Gasteiger partial charge in [-0.25, -0.2) is 14.5 Å². The van der Waals surface area contributed by atoms with Gasteiger partial charge in [-0.05, 0) is 18.2 Å². The van der Waals surface area contributed by atoms with E-state index in [9.17, 15) is 4.79 Å². The van der Waals surface area contributed by atoms with Crippen molar-refractivity contribution >= 4 is 5.97 Å². The number of hydrogen-bond acceptors (Lipinski definition) is 3. The zero-order valence-electron chi connectivity index (χ0n) is 10.5. The van der Waals surface area contributed by atoms with Crippen LogP contribution in [-0.2, 0) is 0 Å². The molecule has 2 aromatic heterocycles. The number of para-hydroxylation sites is 1. The molecular weight excluding hydrogens is 254 g/mol. The van der Waals surface area contributed by atoms with Crippen LogP contribution in [0.15, 0.2) is 61.1 Å². The van der Waals surface area contributed by atoms with E-state index >= 15 is 0 Å². The SMILES string of the molecule is O=C(O)c1ncccc1-c1cnn(-c2ccccc2)c1. The molecule has 3 aromatic rings. The predicted octanol–water partition coefficient (Wildman–Crippen LogP) is 2.63. The Labute approximate surface area is 115 Å². The molecule has 1 aromatic carbocycles. The minimum Gasteiger partial charge on any atom is -0.476 e. The molecule has 5 heteroatoms. The molecule has 3 rings (SSSR count). The smallest absolute Gasteiger partial charge is 0.355 e. The third kappa shape index (κ3) is 2.16. The van der Waals surface area contributed by atoms with Crippen molar-refractivity contribution < 1.29 is 9.90 Å². The third-order valence-corrected chi connectivity index (χ3v) is 2.92. The summed E-state index contributed by atoms with van der Waals surface area (Å²) in [5, 5.41) is 13.4. The van der Waals surface area contributed by atoms with E-state index < -0.39 is 5.97 Å². The second kappa shape index (κ2) is 4.97. The normalized spacial score (nSPS) is 10.4. The first-order valence-electron chi connectivity index (χ1n) is 6.04. The van der Waals surface area contributed by atoms with Crippen LogP contribution in [0.3, 0.4) is 0 Å². The Balaban J connectivity index is 2.05. The lowest BCUT2D eigenvalue weighted by molar-refractivity contribution is 0.0691. The Bertz CT molecular complexity index is 751. The minimum absolute atomic E-state index is 0.0279. The van der Waals surface area contributed by atoms with E-state index in [1.807, 2.05) is 30.3 Å². The van der Waals surface area contributed by atoms with Crippen LogP contribution in [0.4, 0.5) is 0 Å². The molecule has 0 aliphatic rings. The number of carboxylic acid groups (broad SMARTS) is 1. The Morgan fingerprint density at radius 2 is 1.90 bits per heavy atom. The Kier molecular flexibility index (Phi) is 3.01. The maximum absolute atomic E-state index is 11.2. The topological polar surface area (TPSA) is 68.0 Å². The lowest BCUT2D eigenvalue weighted by atomic mass is 10.1. The average molecular weight is 265 g/mol. The molecule has 2 heterocycles. The van der Waals surface area contributed by atoms with Crippen molar-refractivity contribution in [1.82, 2.24) is 14.8 Å². The number of carboxylic acids is 1. The molecule has 0 bridgehead atoms. The van der Waals surface area contributed by atoms with Crippen molar-refractivity contribution in [2.45, 2.75) is 0 Å². The summed E-state index contributed by atoms with van der Waals surface area (Å²) < 4.78 is 1.70. The van der Waals surface area contributed by atoms with Crippen LogP contribution in [0.25, 0.3) is 16.8 Å². The molecule has 0 saturated carbocycles. The minimum atomic E-state index is -1.05. The quantitative estimate of drug-likeness (QED) is 0.790. The average Bonchev–Trinajstić information content (AvgIpc) is 2.98. The number of carbonyl (C=O) groups is 1. The van der Waals surface area contributed by atoms with Gasteiger partial charge in [-0.3, -0.25) is 0 Å². The molecule has 0 spiro atoms. The molecule has 0 amide bonds. The highest BCUT2D eigenvalue weighted by Crippen LogP contribution is 2.22. The van der Waals surface area contributed by atoms with Gasteiger partial charge in [0.05, 0.1) is 11.9 Å².